The van der Waals surface area contributed by atoms with Gasteiger partial charge in [0.25, 0.3) is 5.91 Å². The van der Waals surface area contributed by atoms with Crippen molar-refractivity contribution in [2.24, 2.45) is 0 Å². The monoisotopic (exact) mass is 610 g/mol. The molecule has 2 aliphatic heterocycles. The van der Waals surface area contributed by atoms with Crippen LogP contribution in [0.15, 0.2) is 30.6 Å². The van der Waals surface area contributed by atoms with Crippen LogP contribution in [0.5, 0.6) is 6.01 Å². The van der Waals surface area contributed by atoms with Gasteiger partial charge < -0.3 is 19.4 Å². The highest BCUT2D eigenvalue weighted by molar-refractivity contribution is 6.31. The molecule has 1 aromatic carbocycles. The van der Waals surface area contributed by atoms with Crippen LogP contribution in [-0.2, 0) is 28.7 Å². The molecule has 228 valence electrons. The number of hydrogen-bond donors (Lipinski definition) is 0. The fourth-order valence-electron chi connectivity index (χ4n) is 7.79. The van der Waals surface area contributed by atoms with Gasteiger partial charge in [0.15, 0.2) is 11.5 Å². The van der Waals surface area contributed by atoms with Crippen LogP contribution in [0.2, 0.25) is 5.02 Å². The van der Waals surface area contributed by atoms with E-state index in [2.05, 4.69) is 24.6 Å². The average molecular weight is 611 g/mol. The van der Waals surface area contributed by atoms with Crippen molar-refractivity contribution in [2.75, 3.05) is 44.7 Å². The molecule has 1 unspecified atom stereocenters. The number of amides is 1. The number of piperazine rings is 1. The van der Waals surface area contributed by atoms with Gasteiger partial charge in [-0.15, -0.1) is 0 Å². The second-order valence-electron chi connectivity index (χ2n) is 12.5. The van der Waals surface area contributed by atoms with Crippen molar-refractivity contribution in [1.29, 1.82) is 5.26 Å². The zero-order chi connectivity index (χ0) is 30.5. The van der Waals surface area contributed by atoms with Gasteiger partial charge in [-0.05, 0) is 76.2 Å². The van der Waals surface area contributed by atoms with Gasteiger partial charge in [-0.2, -0.15) is 15.2 Å². The smallest absolute Gasteiger partial charge is 0.318 e. The van der Waals surface area contributed by atoms with Gasteiger partial charge in [-0.25, -0.2) is 8.78 Å². The number of hydrogen-bond acceptors (Lipinski definition) is 7. The molecule has 4 atom stereocenters. The van der Waals surface area contributed by atoms with Gasteiger partial charge in [0, 0.05) is 41.7 Å². The van der Waals surface area contributed by atoms with Crippen LogP contribution in [0.1, 0.15) is 61.4 Å². The molecule has 0 bridgehead atoms. The van der Waals surface area contributed by atoms with Gasteiger partial charge in [-0.1, -0.05) is 30.3 Å². The van der Waals surface area contributed by atoms with E-state index in [9.17, 15) is 14.4 Å². The number of anilines is 1. The summed E-state index contributed by atoms with van der Waals surface area (Å²) in [5.74, 6) is -1.32. The van der Waals surface area contributed by atoms with Crippen LogP contribution >= 0.6 is 11.6 Å². The molecule has 0 saturated carbocycles. The van der Waals surface area contributed by atoms with Crippen LogP contribution in [0.3, 0.4) is 0 Å². The minimum Gasteiger partial charge on any atom is -0.462 e. The number of nitriles is 1. The Morgan fingerprint density at radius 1 is 1.21 bits per heavy atom. The Hall–Kier alpha value is -3.29. The Kier molecular flexibility index (Phi) is 7.84. The van der Waals surface area contributed by atoms with Gasteiger partial charge in [0.05, 0.1) is 24.2 Å². The summed E-state index contributed by atoms with van der Waals surface area (Å²) < 4.78 is 37.7. The number of carbonyl (C=O) groups is 1. The molecule has 1 aromatic heterocycles. The zero-order valence-electron chi connectivity index (χ0n) is 24.7. The number of likely N-dealkylation sites (N-methyl/N-ethyl adjacent to an activating group) is 1. The van der Waals surface area contributed by atoms with Crippen molar-refractivity contribution in [1.82, 2.24) is 19.8 Å². The van der Waals surface area contributed by atoms with Crippen LogP contribution in [-0.4, -0.2) is 77.6 Å². The normalized spacial score (nSPS) is 28.5. The van der Waals surface area contributed by atoms with Crippen LogP contribution in [0.4, 0.5) is 14.6 Å². The maximum Gasteiger partial charge on any atom is 0.318 e. The van der Waals surface area contributed by atoms with Crippen molar-refractivity contribution in [3.05, 3.63) is 58.0 Å². The highest BCUT2D eigenvalue weighted by Gasteiger charge is 2.59. The van der Waals surface area contributed by atoms with Gasteiger partial charge in [0.1, 0.15) is 12.4 Å². The molecule has 2 aliphatic carbocycles. The summed E-state index contributed by atoms with van der Waals surface area (Å²) >= 11 is 6.57. The Balaban J connectivity index is 1.41. The molecule has 1 amide bonds. The summed E-state index contributed by atoms with van der Waals surface area (Å²) in [7, 11) is 2.06. The summed E-state index contributed by atoms with van der Waals surface area (Å²) in [6.45, 7) is 6.91. The summed E-state index contributed by atoms with van der Waals surface area (Å²) in [6, 6.07) is 7.62. The largest absolute Gasteiger partial charge is 0.462 e. The highest BCUT2D eigenvalue weighted by Crippen LogP contribution is 2.59. The lowest BCUT2D eigenvalue weighted by atomic mass is 9.61. The SMILES string of the molecule is C=C(F)C(=O)N1CCN(c2nc(OC[C@@H]3CCCN3C)nc3c2CC[C@]2(CCc4c(Cl)cccc42)C3(C)F)C[C@@H]1CC#N. The fourth-order valence-corrected chi connectivity index (χ4v) is 8.06. The summed E-state index contributed by atoms with van der Waals surface area (Å²) in [6.07, 6.45) is 4.53. The quantitative estimate of drug-likeness (QED) is 0.424. The number of halogens is 3. The molecule has 8 nitrogen and oxygen atoms in total. The molecule has 43 heavy (non-hydrogen) atoms. The van der Waals surface area contributed by atoms with E-state index in [-0.39, 0.29) is 31.6 Å². The summed E-state index contributed by atoms with van der Waals surface area (Å²) in [4.78, 5) is 27.7. The third-order valence-corrected chi connectivity index (χ3v) is 10.6. The Morgan fingerprint density at radius 3 is 2.67 bits per heavy atom. The first-order valence-corrected chi connectivity index (χ1v) is 15.4. The molecule has 0 N–H and O–H groups in total. The number of ether oxygens (including phenoxy) is 1. The van der Waals surface area contributed by atoms with Crippen molar-refractivity contribution in [3.63, 3.8) is 0 Å². The molecule has 1 spiro atoms. The van der Waals surface area contributed by atoms with E-state index >= 15 is 4.39 Å². The van der Waals surface area contributed by atoms with Gasteiger partial charge in [0.2, 0.25) is 0 Å². The third-order valence-electron chi connectivity index (χ3n) is 10.2. The van der Waals surface area contributed by atoms with Crippen molar-refractivity contribution in [2.45, 2.75) is 75.0 Å². The molecular formula is C32H37ClF2N6O2. The molecule has 3 heterocycles. The molecule has 6 rings (SSSR count). The van der Waals surface area contributed by atoms with E-state index < -0.39 is 28.9 Å². The number of likely N-dealkylation sites (tertiary alicyclic amines) is 1. The Labute approximate surface area is 256 Å². The number of alkyl halides is 1. The lowest BCUT2D eigenvalue weighted by Crippen LogP contribution is -2.56. The summed E-state index contributed by atoms with van der Waals surface area (Å²) in [5.41, 5.74) is 0.345. The predicted molar refractivity (Wildman–Crippen MR) is 160 cm³/mol. The first kappa shape index (κ1) is 29.8. The molecule has 2 fully saturated rings. The van der Waals surface area contributed by atoms with Gasteiger partial charge >= 0.3 is 6.01 Å². The first-order valence-electron chi connectivity index (χ1n) is 15.1. The maximum atomic E-state index is 17.7. The van der Waals surface area contributed by atoms with Crippen LogP contribution in [0, 0.1) is 11.3 Å². The molecule has 2 saturated heterocycles. The topological polar surface area (TPSA) is 85.6 Å². The number of aromatic nitrogens is 2. The first-order chi connectivity index (χ1) is 20.6. The Bertz CT molecular complexity index is 1490. The molecule has 4 aliphatic rings. The lowest BCUT2D eigenvalue weighted by Gasteiger charge is -2.47. The third kappa shape index (κ3) is 4.95. The second kappa shape index (κ2) is 11.3. The molecule has 2 aromatic rings. The van der Waals surface area contributed by atoms with E-state index in [1.807, 2.05) is 23.1 Å². The molecule has 0 radical (unpaired) electrons. The number of carbonyl (C=O) groups excluding carboxylic acids is 1. The minimum atomic E-state index is -1.84. The standard InChI is InChI=1S/C32H37ClF2N6O2/c1-20(34)29(42)41-17-16-40(18-21(41)11-14-36)28-24-10-13-32(12-9-23-25(32)7-4-8-26(23)33)31(2,35)27(24)37-30(38-28)43-19-22-6-5-15-39(22)3/h4,7-8,21-22H,1,5-6,9-13,15-19H2,2-3H3/t21-,22-,31?,32-/m0/s1. The van der Waals surface area contributed by atoms with Crippen LogP contribution < -0.4 is 9.64 Å². The lowest BCUT2D eigenvalue weighted by molar-refractivity contribution is -0.131. The number of nitrogens with zero attached hydrogens (tertiary/aromatic N) is 6. The summed E-state index contributed by atoms with van der Waals surface area (Å²) in [5, 5.41) is 10.2. The van der Waals surface area contributed by atoms with Gasteiger partial charge in [-0.3, -0.25) is 4.79 Å². The van der Waals surface area contributed by atoms with Crippen molar-refractivity contribution >= 4 is 23.3 Å². The molecule has 11 heteroatoms. The minimum absolute atomic E-state index is 0.0155. The predicted octanol–water partition coefficient (Wildman–Crippen LogP) is 5.03. The zero-order valence-corrected chi connectivity index (χ0v) is 25.5. The van der Waals surface area contributed by atoms with E-state index in [1.54, 1.807) is 6.92 Å². The van der Waals surface area contributed by atoms with Crippen molar-refractivity contribution < 1.29 is 18.3 Å². The molecular weight excluding hydrogens is 574 g/mol. The van der Waals surface area contributed by atoms with E-state index in [0.29, 0.717) is 60.9 Å². The van der Waals surface area contributed by atoms with E-state index in [1.165, 1.54) is 4.90 Å². The average Bonchev–Trinajstić information content (AvgIpc) is 3.58. The number of fused-ring (bicyclic) bond motifs is 3. The number of rotatable bonds is 6. The maximum absolute atomic E-state index is 17.7. The number of benzene rings is 1. The van der Waals surface area contributed by atoms with E-state index in [0.717, 1.165) is 30.5 Å². The second-order valence-corrected chi connectivity index (χ2v) is 12.9. The fraction of sp³-hybridized carbons (Fsp3) is 0.562. The van der Waals surface area contributed by atoms with E-state index in [4.69, 9.17) is 26.3 Å². The van der Waals surface area contributed by atoms with Crippen LogP contribution in [0.25, 0.3) is 0 Å². The Morgan fingerprint density at radius 2 is 1.98 bits per heavy atom. The highest BCUT2D eigenvalue weighted by atomic mass is 35.5. The van der Waals surface area contributed by atoms with Crippen molar-refractivity contribution in [3.8, 4) is 12.1 Å².